The number of amides is 1. The fourth-order valence-corrected chi connectivity index (χ4v) is 2.50. The zero-order valence-electron chi connectivity index (χ0n) is 14.5. The Morgan fingerprint density at radius 3 is 2.48 bits per heavy atom. The topological polar surface area (TPSA) is 62.1 Å². The summed E-state index contributed by atoms with van der Waals surface area (Å²) in [6, 6.07) is 21.9. The summed E-state index contributed by atoms with van der Waals surface area (Å²) >= 11 is 0. The van der Waals surface area contributed by atoms with Crippen molar-refractivity contribution < 1.29 is 13.9 Å². The van der Waals surface area contributed by atoms with Gasteiger partial charge in [0.1, 0.15) is 11.6 Å². The molecule has 0 fully saturated rings. The normalized spacial score (nSPS) is 10.1. The first-order chi connectivity index (χ1) is 13.1. The van der Waals surface area contributed by atoms with Crippen LogP contribution >= 0.6 is 0 Å². The van der Waals surface area contributed by atoms with Crippen molar-refractivity contribution >= 4 is 11.6 Å². The first kappa shape index (κ1) is 18.2. The number of nitrogens with zero attached hydrogens (tertiary/aromatic N) is 1. The van der Waals surface area contributed by atoms with Crippen molar-refractivity contribution in [3.63, 3.8) is 0 Å². The molecule has 4 nitrogen and oxygen atoms in total. The Morgan fingerprint density at radius 2 is 1.78 bits per heavy atom. The number of benzene rings is 3. The number of nitriles is 1. The predicted molar refractivity (Wildman–Crippen MR) is 101 cm³/mol. The minimum atomic E-state index is -0.263. The smallest absolute Gasteiger partial charge is 0.255 e. The van der Waals surface area contributed by atoms with Crippen LogP contribution in [-0.4, -0.2) is 12.5 Å². The van der Waals surface area contributed by atoms with Gasteiger partial charge >= 0.3 is 0 Å². The molecule has 0 aliphatic heterocycles. The summed E-state index contributed by atoms with van der Waals surface area (Å²) in [6.07, 6.45) is 0.641. The molecule has 1 N–H and O–H groups in total. The molecule has 0 aliphatic rings. The number of halogens is 1. The molecule has 0 spiro atoms. The Labute approximate surface area is 156 Å². The van der Waals surface area contributed by atoms with E-state index in [1.807, 2.05) is 6.07 Å². The predicted octanol–water partition coefficient (Wildman–Crippen LogP) is 4.57. The van der Waals surface area contributed by atoms with E-state index < -0.39 is 0 Å². The number of nitrogens with one attached hydrogen (secondary N) is 1. The van der Waals surface area contributed by atoms with Crippen LogP contribution in [0.2, 0.25) is 0 Å². The second kappa shape index (κ2) is 8.63. The first-order valence-electron chi connectivity index (χ1n) is 8.43. The second-order valence-electron chi connectivity index (χ2n) is 5.90. The quantitative estimate of drug-likeness (QED) is 0.700. The number of carbonyl (C=O) groups is 1. The van der Waals surface area contributed by atoms with E-state index in [-0.39, 0.29) is 11.7 Å². The van der Waals surface area contributed by atoms with E-state index in [9.17, 15) is 9.18 Å². The molecule has 3 rings (SSSR count). The molecule has 134 valence electrons. The lowest BCUT2D eigenvalue weighted by Gasteiger charge is -2.09. The van der Waals surface area contributed by atoms with Crippen LogP contribution in [0.3, 0.4) is 0 Å². The molecule has 5 heteroatoms. The van der Waals surface area contributed by atoms with Crippen LogP contribution in [0.15, 0.2) is 72.8 Å². The Bertz CT molecular complexity index is 961. The molecule has 0 radical (unpaired) electrons. The van der Waals surface area contributed by atoms with Crippen LogP contribution in [0.25, 0.3) is 0 Å². The number of carbonyl (C=O) groups excluding carboxylic acids is 1. The van der Waals surface area contributed by atoms with Crippen molar-refractivity contribution in [1.29, 1.82) is 5.26 Å². The summed E-state index contributed by atoms with van der Waals surface area (Å²) in [5.74, 6) is 0.0638. The summed E-state index contributed by atoms with van der Waals surface area (Å²) in [7, 11) is 0. The zero-order valence-corrected chi connectivity index (χ0v) is 14.5. The molecule has 1 amide bonds. The average Bonchev–Trinajstić information content (AvgIpc) is 2.70. The molecule has 0 bridgehead atoms. The average molecular weight is 360 g/mol. The van der Waals surface area contributed by atoms with Gasteiger partial charge in [0.25, 0.3) is 5.91 Å². The second-order valence-corrected chi connectivity index (χ2v) is 5.90. The lowest BCUT2D eigenvalue weighted by atomic mass is 10.1. The Morgan fingerprint density at radius 1 is 1.04 bits per heavy atom. The van der Waals surface area contributed by atoms with E-state index in [1.165, 1.54) is 12.1 Å². The lowest BCUT2D eigenvalue weighted by Crippen LogP contribution is -2.12. The Kier molecular flexibility index (Phi) is 5.80. The molecule has 0 saturated heterocycles. The highest BCUT2D eigenvalue weighted by Gasteiger charge is 2.07. The number of ether oxygens (including phenoxy) is 1. The molecule has 3 aromatic carbocycles. The summed E-state index contributed by atoms with van der Waals surface area (Å²) in [5.41, 5.74) is 2.59. The van der Waals surface area contributed by atoms with E-state index in [0.29, 0.717) is 35.6 Å². The van der Waals surface area contributed by atoms with Crippen LogP contribution in [0.4, 0.5) is 10.1 Å². The number of rotatable bonds is 6. The molecule has 0 atom stereocenters. The Balaban J connectivity index is 1.58. The minimum absolute atomic E-state index is 0.260. The van der Waals surface area contributed by atoms with Crippen molar-refractivity contribution in [1.82, 2.24) is 0 Å². The number of hydrogen-bond donors (Lipinski definition) is 1. The van der Waals surface area contributed by atoms with Crippen molar-refractivity contribution in [3.8, 4) is 11.8 Å². The van der Waals surface area contributed by atoms with Crippen molar-refractivity contribution in [2.24, 2.45) is 0 Å². The SMILES string of the molecule is N#Cc1ccc(NC(=O)c2cccc(OCCc3ccc(F)cc3)c2)cc1. The maximum atomic E-state index is 12.9. The third-order valence-electron chi connectivity index (χ3n) is 3.94. The summed E-state index contributed by atoms with van der Waals surface area (Å²) in [6.45, 7) is 0.423. The van der Waals surface area contributed by atoms with Crippen molar-refractivity contribution in [2.75, 3.05) is 11.9 Å². The molecule has 0 unspecified atom stereocenters. The fraction of sp³-hybridized carbons (Fsp3) is 0.0909. The van der Waals surface area contributed by atoms with E-state index >= 15 is 0 Å². The fourth-order valence-electron chi connectivity index (χ4n) is 2.50. The van der Waals surface area contributed by atoms with Crippen LogP contribution in [0.5, 0.6) is 5.75 Å². The van der Waals surface area contributed by atoms with Gasteiger partial charge in [-0.1, -0.05) is 18.2 Å². The highest BCUT2D eigenvalue weighted by molar-refractivity contribution is 6.04. The van der Waals surface area contributed by atoms with E-state index in [2.05, 4.69) is 5.32 Å². The molecular formula is C22H17FN2O2. The van der Waals surface area contributed by atoms with Gasteiger partial charge in [-0.05, 0) is 60.2 Å². The highest BCUT2D eigenvalue weighted by atomic mass is 19.1. The zero-order chi connectivity index (χ0) is 19.1. The highest BCUT2D eigenvalue weighted by Crippen LogP contribution is 2.16. The molecule has 0 aromatic heterocycles. The summed E-state index contributed by atoms with van der Waals surface area (Å²) < 4.78 is 18.6. The summed E-state index contributed by atoms with van der Waals surface area (Å²) in [4.78, 5) is 12.4. The molecule has 27 heavy (non-hydrogen) atoms. The van der Waals surface area contributed by atoms with Crippen LogP contribution in [0, 0.1) is 17.1 Å². The van der Waals surface area contributed by atoms with Crippen LogP contribution in [0.1, 0.15) is 21.5 Å². The third-order valence-corrected chi connectivity index (χ3v) is 3.94. The van der Waals surface area contributed by atoms with Gasteiger partial charge in [0.05, 0.1) is 18.2 Å². The largest absolute Gasteiger partial charge is 0.493 e. The van der Waals surface area contributed by atoms with Gasteiger partial charge in [0.15, 0.2) is 0 Å². The number of hydrogen-bond acceptors (Lipinski definition) is 3. The Hall–Kier alpha value is -3.65. The monoisotopic (exact) mass is 360 g/mol. The van der Waals surface area contributed by atoms with Crippen LogP contribution < -0.4 is 10.1 Å². The molecule has 3 aromatic rings. The van der Waals surface area contributed by atoms with Crippen molar-refractivity contribution in [3.05, 3.63) is 95.3 Å². The molecular weight excluding hydrogens is 343 g/mol. The van der Waals surface area contributed by atoms with Gasteiger partial charge in [-0.25, -0.2) is 4.39 Å². The van der Waals surface area contributed by atoms with Gasteiger partial charge < -0.3 is 10.1 Å². The first-order valence-corrected chi connectivity index (χ1v) is 8.43. The molecule has 0 heterocycles. The third kappa shape index (κ3) is 5.16. The summed E-state index contributed by atoms with van der Waals surface area (Å²) in [5, 5.41) is 11.6. The van der Waals surface area contributed by atoms with Crippen molar-refractivity contribution in [2.45, 2.75) is 6.42 Å². The van der Waals surface area contributed by atoms with Crippen LogP contribution in [-0.2, 0) is 6.42 Å². The van der Waals surface area contributed by atoms with Gasteiger partial charge in [-0.3, -0.25) is 4.79 Å². The van der Waals surface area contributed by atoms with Gasteiger partial charge in [-0.2, -0.15) is 5.26 Å². The maximum Gasteiger partial charge on any atom is 0.255 e. The lowest BCUT2D eigenvalue weighted by molar-refractivity contribution is 0.102. The number of anilines is 1. The standard InChI is InChI=1S/C22H17FN2O2/c23-19-8-4-16(5-9-19)12-13-27-21-3-1-2-18(14-21)22(26)25-20-10-6-17(15-24)7-11-20/h1-11,14H,12-13H2,(H,25,26). The maximum absolute atomic E-state index is 12.9. The molecule has 0 aliphatic carbocycles. The molecule has 0 saturated carbocycles. The van der Waals surface area contributed by atoms with E-state index in [4.69, 9.17) is 10.00 Å². The minimum Gasteiger partial charge on any atom is -0.493 e. The van der Waals surface area contributed by atoms with Gasteiger partial charge in [-0.15, -0.1) is 0 Å². The van der Waals surface area contributed by atoms with Gasteiger partial charge in [0.2, 0.25) is 0 Å². The van der Waals surface area contributed by atoms with Gasteiger partial charge in [0, 0.05) is 17.7 Å². The van der Waals surface area contributed by atoms with E-state index in [0.717, 1.165) is 5.56 Å². The van der Waals surface area contributed by atoms with E-state index in [1.54, 1.807) is 60.7 Å².